The first kappa shape index (κ1) is 13.5. The molecule has 3 heteroatoms. The second-order valence-corrected chi connectivity index (χ2v) is 5.03. The van der Waals surface area contributed by atoms with Gasteiger partial charge >= 0.3 is 0 Å². The van der Waals surface area contributed by atoms with Crippen LogP contribution in [0, 0.1) is 5.92 Å². The average Bonchev–Trinajstić information content (AvgIpc) is 2.30. The van der Waals surface area contributed by atoms with E-state index in [0.29, 0.717) is 30.8 Å². The minimum absolute atomic E-state index is 0.340. The lowest BCUT2D eigenvalue weighted by Crippen LogP contribution is -2.45. The fourth-order valence-corrected chi connectivity index (χ4v) is 2.38. The predicted molar refractivity (Wildman–Crippen MR) is 67.1 cm³/mol. The van der Waals surface area contributed by atoms with Gasteiger partial charge in [-0.2, -0.15) is 0 Å². The summed E-state index contributed by atoms with van der Waals surface area (Å²) in [5.74, 6) is 0.848. The van der Waals surface area contributed by atoms with E-state index in [1.807, 2.05) is 0 Å². The molecule has 1 saturated heterocycles. The molecule has 2 unspecified atom stereocenters. The summed E-state index contributed by atoms with van der Waals surface area (Å²) < 4.78 is 0. The number of likely N-dealkylation sites (tertiary alicyclic amines) is 1. The molecule has 0 radical (unpaired) electrons. The molecular formula is C13H26N2O. The summed E-state index contributed by atoms with van der Waals surface area (Å²) >= 11 is 0. The predicted octanol–water partition coefficient (Wildman–Crippen LogP) is 2.15. The zero-order valence-electron chi connectivity index (χ0n) is 10.7. The van der Waals surface area contributed by atoms with Gasteiger partial charge < -0.3 is 10.6 Å². The minimum atomic E-state index is 0.340. The second kappa shape index (κ2) is 6.89. The van der Waals surface area contributed by atoms with Gasteiger partial charge in [0.25, 0.3) is 0 Å². The molecule has 2 atom stereocenters. The molecule has 1 heterocycles. The molecule has 0 aliphatic carbocycles. The van der Waals surface area contributed by atoms with Crippen LogP contribution < -0.4 is 5.73 Å². The number of amides is 1. The molecule has 0 spiro atoms. The summed E-state index contributed by atoms with van der Waals surface area (Å²) in [6.07, 6.45) is 6.31. The standard InChI is InChI=1S/C13H26N2O/c1-3-11(2)10-13(16)15-9-5-4-6-12(15)7-8-14/h11-12H,3-10,14H2,1-2H3. The van der Waals surface area contributed by atoms with Gasteiger partial charge in [-0.3, -0.25) is 4.79 Å². The van der Waals surface area contributed by atoms with Crippen LogP contribution >= 0.6 is 0 Å². The molecule has 0 aromatic rings. The van der Waals surface area contributed by atoms with Crippen molar-refractivity contribution in [3.8, 4) is 0 Å². The van der Waals surface area contributed by atoms with Crippen molar-refractivity contribution in [3.05, 3.63) is 0 Å². The van der Waals surface area contributed by atoms with Crippen molar-refractivity contribution in [1.29, 1.82) is 0 Å². The Bertz CT molecular complexity index is 216. The van der Waals surface area contributed by atoms with E-state index in [9.17, 15) is 4.79 Å². The van der Waals surface area contributed by atoms with Crippen molar-refractivity contribution in [2.75, 3.05) is 13.1 Å². The van der Waals surface area contributed by atoms with E-state index >= 15 is 0 Å². The number of rotatable bonds is 5. The monoisotopic (exact) mass is 226 g/mol. The number of hydrogen-bond acceptors (Lipinski definition) is 2. The first-order chi connectivity index (χ1) is 7.69. The molecule has 1 aliphatic heterocycles. The van der Waals surface area contributed by atoms with Crippen LogP contribution in [0.1, 0.15) is 52.4 Å². The average molecular weight is 226 g/mol. The molecule has 1 rings (SSSR count). The van der Waals surface area contributed by atoms with Crippen molar-refractivity contribution in [1.82, 2.24) is 4.90 Å². The molecule has 94 valence electrons. The molecule has 2 N–H and O–H groups in total. The lowest BCUT2D eigenvalue weighted by atomic mass is 9.97. The van der Waals surface area contributed by atoms with Gasteiger partial charge in [-0.15, -0.1) is 0 Å². The van der Waals surface area contributed by atoms with E-state index in [-0.39, 0.29) is 0 Å². The summed E-state index contributed by atoms with van der Waals surface area (Å²) in [6, 6.07) is 0.412. The maximum atomic E-state index is 12.1. The minimum Gasteiger partial charge on any atom is -0.340 e. The van der Waals surface area contributed by atoms with Crippen LogP contribution in [-0.4, -0.2) is 29.9 Å². The van der Waals surface area contributed by atoms with Crippen molar-refractivity contribution in [2.45, 2.75) is 58.4 Å². The smallest absolute Gasteiger partial charge is 0.223 e. The lowest BCUT2D eigenvalue weighted by Gasteiger charge is -2.36. The van der Waals surface area contributed by atoms with Gasteiger partial charge in [0, 0.05) is 19.0 Å². The summed E-state index contributed by atoms with van der Waals surface area (Å²) in [4.78, 5) is 14.2. The highest BCUT2D eigenvalue weighted by Gasteiger charge is 2.26. The van der Waals surface area contributed by atoms with E-state index in [4.69, 9.17) is 5.73 Å². The van der Waals surface area contributed by atoms with Gasteiger partial charge in [-0.1, -0.05) is 20.3 Å². The van der Waals surface area contributed by atoms with Crippen molar-refractivity contribution in [3.63, 3.8) is 0 Å². The highest BCUT2D eigenvalue weighted by molar-refractivity contribution is 5.76. The van der Waals surface area contributed by atoms with E-state index in [1.165, 1.54) is 6.42 Å². The molecule has 16 heavy (non-hydrogen) atoms. The Labute approximate surface area is 99.4 Å². The molecule has 0 bridgehead atoms. The van der Waals surface area contributed by atoms with Gasteiger partial charge in [0.05, 0.1) is 0 Å². The molecule has 0 saturated carbocycles. The van der Waals surface area contributed by atoms with Crippen LogP contribution in [0.4, 0.5) is 0 Å². The largest absolute Gasteiger partial charge is 0.340 e. The molecule has 3 nitrogen and oxygen atoms in total. The number of nitrogens with two attached hydrogens (primary N) is 1. The Morgan fingerprint density at radius 2 is 2.25 bits per heavy atom. The maximum Gasteiger partial charge on any atom is 0.223 e. The van der Waals surface area contributed by atoms with Gasteiger partial charge in [-0.05, 0) is 38.1 Å². The van der Waals surface area contributed by atoms with Gasteiger partial charge in [0.2, 0.25) is 5.91 Å². The van der Waals surface area contributed by atoms with E-state index in [2.05, 4.69) is 18.7 Å². The first-order valence-electron chi connectivity index (χ1n) is 6.68. The molecule has 1 amide bonds. The number of hydrogen-bond donors (Lipinski definition) is 1. The fourth-order valence-electron chi connectivity index (χ4n) is 2.38. The third kappa shape index (κ3) is 3.78. The Hall–Kier alpha value is -0.570. The van der Waals surface area contributed by atoms with Crippen LogP contribution in [0.3, 0.4) is 0 Å². The van der Waals surface area contributed by atoms with E-state index in [0.717, 1.165) is 32.2 Å². The molecule has 0 aromatic heterocycles. The van der Waals surface area contributed by atoms with Crippen LogP contribution in [0.5, 0.6) is 0 Å². The van der Waals surface area contributed by atoms with Crippen LogP contribution in [0.15, 0.2) is 0 Å². The quantitative estimate of drug-likeness (QED) is 0.781. The molecule has 0 aromatic carbocycles. The highest BCUT2D eigenvalue weighted by atomic mass is 16.2. The molecule has 1 aliphatic rings. The van der Waals surface area contributed by atoms with Crippen molar-refractivity contribution >= 4 is 5.91 Å². The second-order valence-electron chi connectivity index (χ2n) is 5.03. The SMILES string of the molecule is CCC(C)CC(=O)N1CCCCC1CCN. The third-order valence-corrected chi connectivity index (χ3v) is 3.67. The van der Waals surface area contributed by atoms with Gasteiger partial charge in [0.15, 0.2) is 0 Å². The third-order valence-electron chi connectivity index (χ3n) is 3.67. The van der Waals surface area contributed by atoms with Gasteiger partial charge in [-0.25, -0.2) is 0 Å². The van der Waals surface area contributed by atoms with Gasteiger partial charge in [0.1, 0.15) is 0 Å². The fraction of sp³-hybridized carbons (Fsp3) is 0.923. The van der Waals surface area contributed by atoms with Crippen molar-refractivity contribution in [2.24, 2.45) is 11.7 Å². The number of nitrogens with zero attached hydrogens (tertiary/aromatic N) is 1. The topological polar surface area (TPSA) is 46.3 Å². The number of carbonyl (C=O) groups excluding carboxylic acids is 1. The Kier molecular flexibility index (Phi) is 5.81. The Morgan fingerprint density at radius 1 is 1.50 bits per heavy atom. The molecular weight excluding hydrogens is 200 g/mol. The van der Waals surface area contributed by atoms with Crippen LogP contribution in [0.25, 0.3) is 0 Å². The normalized spacial score (nSPS) is 23.2. The number of carbonyl (C=O) groups is 1. The summed E-state index contributed by atoms with van der Waals surface area (Å²) in [5, 5.41) is 0. The van der Waals surface area contributed by atoms with E-state index in [1.54, 1.807) is 0 Å². The van der Waals surface area contributed by atoms with E-state index < -0.39 is 0 Å². The maximum absolute atomic E-state index is 12.1. The lowest BCUT2D eigenvalue weighted by molar-refractivity contribution is -0.135. The Morgan fingerprint density at radius 3 is 2.88 bits per heavy atom. The zero-order chi connectivity index (χ0) is 12.0. The zero-order valence-corrected chi connectivity index (χ0v) is 10.7. The number of piperidine rings is 1. The highest BCUT2D eigenvalue weighted by Crippen LogP contribution is 2.21. The summed E-state index contributed by atoms with van der Waals surface area (Å²) in [7, 11) is 0. The molecule has 1 fully saturated rings. The Balaban J connectivity index is 2.50. The van der Waals surface area contributed by atoms with Crippen LogP contribution in [0.2, 0.25) is 0 Å². The van der Waals surface area contributed by atoms with Crippen LogP contribution in [-0.2, 0) is 4.79 Å². The summed E-state index contributed by atoms with van der Waals surface area (Å²) in [6.45, 7) is 5.93. The summed E-state index contributed by atoms with van der Waals surface area (Å²) in [5.41, 5.74) is 5.61. The first-order valence-corrected chi connectivity index (χ1v) is 6.68. The van der Waals surface area contributed by atoms with Crippen molar-refractivity contribution < 1.29 is 4.79 Å².